The summed E-state index contributed by atoms with van der Waals surface area (Å²) in [5.74, 6) is 1.38. The minimum Gasteiger partial charge on any atom is -0.373 e. The Balaban J connectivity index is 2.45. The van der Waals surface area contributed by atoms with Gasteiger partial charge < -0.3 is 10.5 Å². The van der Waals surface area contributed by atoms with Crippen LogP contribution in [0.5, 0.6) is 0 Å². The minimum absolute atomic E-state index is 0.661. The van der Waals surface area contributed by atoms with Crippen LogP contribution >= 0.6 is 21.6 Å². The Hall–Kier alpha value is 0.620. The van der Waals surface area contributed by atoms with E-state index in [1.165, 1.54) is 0 Å². The van der Waals surface area contributed by atoms with Gasteiger partial charge in [-0.25, -0.2) is 0 Å². The molecular weight excluding hydrogens is 130 g/mol. The molecule has 2 nitrogen and oxygen atoms in total. The van der Waals surface area contributed by atoms with Gasteiger partial charge in [0, 0.05) is 13.0 Å². The van der Waals surface area contributed by atoms with Crippen molar-refractivity contribution in [3.05, 3.63) is 0 Å². The molecular formula is C3H9NOS2. The van der Waals surface area contributed by atoms with Gasteiger partial charge in [0.2, 0.25) is 0 Å². The molecule has 0 amide bonds. The molecule has 0 heterocycles. The lowest BCUT2D eigenvalue weighted by Crippen LogP contribution is -1.89. The molecule has 0 aliphatic rings. The van der Waals surface area contributed by atoms with E-state index in [9.17, 15) is 0 Å². The highest BCUT2D eigenvalue weighted by Gasteiger charge is 1.80. The SMILES string of the molecule is COCSSCN. The van der Waals surface area contributed by atoms with Crippen LogP contribution in [0, 0.1) is 0 Å². The van der Waals surface area contributed by atoms with Crippen molar-refractivity contribution in [3.63, 3.8) is 0 Å². The summed E-state index contributed by atoms with van der Waals surface area (Å²) in [6.45, 7) is 0. The molecule has 0 saturated heterocycles. The minimum atomic E-state index is 0.661. The summed E-state index contributed by atoms with van der Waals surface area (Å²) in [5.41, 5.74) is 5.16. The van der Waals surface area contributed by atoms with Crippen LogP contribution in [-0.4, -0.2) is 18.9 Å². The molecule has 0 aliphatic carbocycles. The second-order valence-electron chi connectivity index (χ2n) is 0.809. The highest BCUT2D eigenvalue weighted by molar-refractivity contribution is 8.76. The Morgan fingerprint density at radius 2 is 2.29 bits per heavy atom. The fourth-order valence-electron chi connectivity index (χ4n) is 0.130. The molecule has 0 aromatic heterocycles. The molecule has 0 aromatic carbocycles. The lowest BCUT2D eigenvalue weighted by atomic mass is 11.5. The molecule has 0 saturated carbocycles. The van der Waals surface area contributed by atoms with E-state index >= 15 is 0 Å². The Labute approximate surface area is 51.6 Å². The molecule has 7 heavy (non-hydrogen) atoms. The highest BCUT2D eigenvalue weighted by Crippen LogP contribution is 2.17. The van der Waals surface area contributed by atoms with E-state index in [-0.39, 0.29) is 0 Å². The number of ether oxygens (including phenoxy) is 1. The maximum absolute atomic E-state index is 5.16. The molecule has 44 valence electrons. The van der Waals surface area contributed by atoms with Crippen LogP contribution in [0.25, 0.3) is 0 Å². The third-order valence-corrected chi connectivity index (χ3v) is 2.15. The van der Waals surface area contributed by atoms with Crippen molar-refractivity contribution in [3.8, 4) is 0 Å². The van der Waals surface area contributed by atoms with Gasteiger partial charge in [-0.15, -0.1) is 0 Å². The summed E-state index contributed by atoms with van der Waals surface area (Å²) in [5, 5.41) is 0. The van der Waals surface area contributed by atoms with Crippen molar-refractivity contribution < 1.29 is 4.74 Å². The van der Waals surface area contributed by atoms with Gasteiger partial charge in [-0.3, -0.25) is 0 Å². The fourth-order valence-corrected chi connectivity index (χ4v) is 1.17. The van der Waals surface area contributed by atoms with Gasteiger partial charge in [0.15, 0.2) is 0 Å². The monoisotopic (exact) mass is 139 g/mol. The molecule has 0 aromatic rings. The topological polar surface area (TPSA) is 35.2 Å². The largest absolute Gasteiger partial charge is 0.373 e. The smallest absolute Gasteiger partial charge is 0.102 e. The van der Waals surface area contributed by atoms with Crippen molar-refractivity contribution in [2.75, 3.05) is 18.9 Å². The average molecular weight is 139 g/mol. The first-order valence-corrected chi connectivity index (χ1v) is 4.34. The zero-order valence-corrected chi connectivity index (χ0v) is 5.85. The molecule has 4 heteroatoms. The maximum Gasteiger partial charge on any atom is 0.102 e. The maximum atomic E-state index is 5.16. The van der Waals surface area contributed by atoms with E-state index in [0.29, 0.717) is 5.88 Å². The van der Waals surface area contributed by atoms with Gasteiger partial charge in [-0.1, -0.05) is 21.6 Å². The Morgan fingerprint density at radius 3 is 2.71 bits per heavy atom. The van der Waals surface area contributed by atoms with Crippen molar-refractivity contribution in [2.45, 2.75) is 0 Å². The van der Waals surface area contributed by atoms with Crippen LogP contribution in [0.2, 0.25) is 0 Å². The molecule has 0 rings (SSSR count). The molecule has 0 fully saturated rings. The molecule has 0 spiro atoms. The molecule has 0 bridgehead atoms. The predicted molar refractivity (Wildman–Crippen MR) is 36.1 cm³/mol. The zero-order chi connectivity index (χ0) is 5.54. The third kappa shape index (κ3) is 6.62. The third-order valence-electron chi connectivity index (χ3n) is 0.317. The number of methoxy groups -OCH3 is 1. The van der Waals surface area contributed by atoms with Crippen LogP contribution < -0.4 is 5.73 Å². The van der Waals surface area contributed by atoms with Gasteiger partial charge in [0.25, 0.3) is 0 Å². The quantitative estimate of drug-likeness (QED) is 0.356. The second kappa shape index (κ2) is 6.62. The van der Waals surface area contributed by atoms with Crippen LogP contribution in [0.4, 0.5) is 0 Å². The van der Waals surface area contributed by atoms with Crippen molar-refractivity contribution in [2.24, 2.45) is 5.73 Å². The van der Waals surface area contributed by atoms with Crippen molar-refractivity contribution in [1.82, 2.24) is 0 Å². The summed E-state index contributed by atoms with van der Waals surface area (Å²) in [6, 6.07) is 0. The van der Waals surface area contributed by atoms with Gasteiger partial charge in [0.05, 0.1) is 0 Å². The van der Waals surface area contributed by atoms with Crippen LogP contribution in [0.15, 0.2) is 0 Å². The van der Waals surface area contributed by atoms with Crippen molar-refractivity contribution >= 4 is 21.6 Å². The normalized spacial score (nSPS) is 9.43. The first-order chi connectivity index (χ1) is 3.41. The number of hydrogen-bond donors (Lipinski definition) is 1. The summed E-state index contributed by atoms with van der Waals surface area (Å²) < 4.78 is 4.73. The Kier molecular flexibility index (Phi) is 7.21. The van der Waals surface area contributed by atoms with Gasteiger partial charge in [-0.2, -0.15) is 0 Å². The van der Waals surface area contributed by atoms with Gasteiger partial charge in [-0.05, 0) is 0 Å². The first-order valence-electron chi connectivity index (χ1n) is 1.85. The lowest BCUT2D eigenvalue weighted by Gasteiger charge is -1.92. The molecule has 0 radical (unpaired) electrons. The van der Waals surface area contributed by atoms with E-state index in [4.69, 9.17) is 10.5 Å². The Bertz CT molecular complexity index is 32.1. The van der Waals surface area contributed by atoms with Crippen LogP contribution in [0.1, 0.15) is 0 Å². The van der Waals surface area contributed by atoms with Crippen LogP contribution in [-0.2, 0) is 4.74 Å². The predicted octanol–water partition coefficient (Wildman–Crippen LogP) is 0.888. The Morgan fingerprint density at radius 1 is 1.57 bits per heavy atom. The van der Waals surface area contributed by atoms with Crippen LogP contribution in [0.3, 0.4) is 0 Å². The summed E-state index contributed by atoms with van der Waals surface area (Å²) in [7, 11) is 4.90. The summed E-state index contributed by atoms with van der Waals surface area (Å²) in [4.78, 5) is 0. The fraction of sp³-hybridized carbons (Fsp3) is 1.00. The molecule has 0 unspecified atom stereocenters. The van der Waals surface area contributed by atoms with E-state index in [2.05, 4.69) is 0 Å². The average Bonchev–Trinajstić information content (AvgIpc) is 1.69. The second-order valence-corrected chi connectivity index (χ2v) is 3.26. The van der Waals surface area contributed by atoms with Gasteiger partial charge >= 0.3 is 0 Å². The molecule has 2 N–H and O–H groups in total. The first kappa shape index (κ1) is 7.62. The summed E-state index contributed by atoms with van der Waals surface area (Å²) >= 11 is 0. The van der Waals surface area contributed by atoms with E-state index in [1.807, 2.05) is 0 Å². The van der Waals surface area contributed by atoms with E-state index < -0.39 is 0 Å². The zero-order valence-electron chi connectivity index (χ0n) is 4.22. The highest BCUT2D eigenvalue weighted by atomic mass is 33.1. The lowest BCUT2D eigenvalue weighted by molar-refractivity contribution is 0.260. The van der Waals surface area contributed by atoms with Crippen molar-refractivity contribution in [1.29, 1.82) is 0 Å². The molecule has 0 atom stereocenters. The standard InChI is InChI=1S/C3H9NOS2/c1-5-3-7-6-2-4/h2-4H2,1H3. The molecule has 0 aliphatic heterocycles. The number of hydrogen-bond acceptors (Lipinski definition) is 4. The summed E-state index contributed by atoms with van der Waals surface area (Å²) in [6.07, 6.45) is 0. The van der Waals surface area contributed by atoms with Gasteiger partial charge in [0.1, 0.15) is 5.94 Å². The van der Waals surface area contributed by atoms with E-state index in [0.717, 1.165) is 5.94 Å². The number of nitrogens with two attached hydrogens (primary N) is 1. The van der Waals surface area contributed by atoms with E-state index in [1.54, 1.807) is 28.7 Å². The number of rotatable bonds is 4.